The summed E-state index contributed by atoms with van der Waals surface area (Å²) in [6.45, 7) is 4.75. The van der Waals surface area contributed by atoms with Gasteiger partial charge in [0.25, 0.3) is 0 Å². The number of anilines is 3. The molecule has 1 aliphatic carbocycles. The molecule has 1 aliphatic rings. The standard InChI is InChI=1S/C65H47N/c1-65(2)63-35-12-11-30-60(63)61-34-17-32-57(64(61)65)50-25-15-28-53(42-50)66(52-27-14-24-49(41-52)55-31-16-33-58-54-29-10-9-22-46(54)36-39-59(55)58)51-26-13-23-47(40-51)48-37-38-56(44-18-5-3-6-19-44)62(43-48)45-20-7-4-8-21-45/h3-43H,1-2H3. The number of fused-ring (bicyclic) bond motifs is 6. The van der Waals surface area contributed by atoms with Crippen molar-refractivity contribution in [3.05, 3.63) is 260 Å². The molecule has 0 heterocycles. The summed E-state index contributed by atoms with van der Waals surface area (Å²) in [7, 11) is 0. The first-order valence-electron chi connectivity index (χ1n) is 23.0. The fraction of sp³-hybridized carbons (Fsp3) is 0.0462. The number of hydrogen-bond donors (Lipinski definition) is 0. The fourth-order valence-corrected chi connectivity index (χ4v) is 10.7. The zero-order valence-corrected chi connectivity index (χ0v) is 37.1. The molecule has 12 rings (SSSR count). The number of hydrogen-bond acceptors (Lipinski definition) is 1. The Morgan fingerprint density at radius 1 is 0.273 bits per heavy atom. The van der Waals surface area contributed by atoms with Crippen LogP contribution < -0.4 is 4.90 Å². The summed E-state index contributed by atoms with van der Waals surface area (Å²) in [5.74, 6) is 0. The normalized spacial score (nSPS) is 12.5. The monoisotopic (exact) mass is 841 g/mol. The lowest BCUT2D eigenvalue weighted by Gasteiger charge is -2.28. The van der Waals surface area contributed by atoms with E-state index in [0.717, 1.165) is 22.6 Å². The van der Waals surface area contributed by atoms with Gasteiger partial charge in [0.2, 0.25) is 0 Å². The molecule has 0 saturated carbocycles. The molecule has 1 nitrogen and oxygen atoms in total. The van der Waals surface area contributed by atoms with Crippen molar-refractivity contribution in [2.45, 2.75) is 19.3 Å². The first-order valence-corrected chi connectivity index (χ1v) is 23.0. The van der Waals surface area contributed by atoms with Crippen LogP contribution in [-0.4, -0.2) is 0 Å². The van der Waals surface area contributed by atoms with Gasteiger partial charge in [-0.25, -0.2) is 0 Å². The molecule has 0 fully saturated rings. The Kier molecular flexibility index (Phi) is 9.58. The predicted molar refractivity (Wildman–Crippen MR) is 281 cm³/mol. The van der Waals surface area contributed by atoms with Crippen molar-refractivity contribution >= 4 is 38.6 Å². The summed E-state index contributed by atoms with van der Waals surface area (Å²) in [5.41, 5.74) is 20.6. The van der Waals surface area contributed by atoms with Crippen LogP contribution in [0.3, 0.4) is 0 Å². The van der Waals surface area contributed by atoms with E-state index < -0.39 is 0 Å². The Morgan fingerprint density at radius 3 is 1.52 bits per heavy atom. The third-order valence-corrected chi connectivity index (χ3v) is 13.8. The minimum Gasteiger partial charge on any atom is -0.310 e. The average Bonchev–Trinajstić information content (AvgIpc) is 3.62. The topological polar surface area (TPSA) is 3.24 Å². The second-order valence-electron chi connectivity index (χ2n) is 18.1. The molecule has 0 aliphatic heterocycles. The van der Waals surface area contributed by atoms with Gasteiger partial charge in [0, 0.05) is 22.5 Å². The molecule has 0 unspecified atom stereocenters. The van der Waals surface area contributed by atoms with Crippen molar-refractivity contribution < 1.29 is 0 Å². The number of nitrogens with zero attached hydrogens (tertiary/aromatic N) is 1. The molecular formula is C65H47N. The summed E-state index contributed by atoms with van der Waals surface area (Å²) in [5, 5.41) is 5.04. The van der Waals surface area contributed by atoms with Gasteiger partial charge in [-0.05, 0) is 142 Å². The van der Waals surface area contributed by atoms with E-state index >= 15 is 0 Å². The summed E-state index contributed by atoms with van der Waals surface area (Å²) in [6, 6.07) is 91.4. The highest BCUT2D eigenvalue weighted by molar-refractivity contribution is 6.12. The molecule has 312 valence electrons. The van der Waals surface area contributed by atoms with Crippen molar-refractivity contribution in [1.82, 2.24) is 0 Å². The molecular weight excluding hydrogens is 795 g/mol. The van der Waals surface area contributed by atoms with E-state index in [-0.39, 0.29) is 5.41 Å². The van der Waals surface area contributed by atoms with E-state index in [9.17, 15) is 0 Å². The minimum atomic E-state index is -0.140. The van der Waals surface area contributed by atoms with Gasteiger partial charge in [0.1, 0.15) is 0 Å². The molecule has 0 N–H and O–H groups in total. The molecule has 11 aromatic carbocycles. The molecule has 0 atom stereocenters. The van der Waals surface area contributed by atoms with Gasteiger partial charge in [-0.3, -0.25) is 0 Å². The largest absolute Gasteiger partial charge is 0.310 e. The summed E-state index contributed by atoms with van der Waals surface area (Å²) in [4.78, 5) is 2.44. The van der Waals surface area contributed by atoms with Crippen LogP contribution in [0.1, 0.15) is 25.0 Å². The van der Waals surface area contributed by atoms with E-state index in [1.54, 1.807) is 0 Å². The van der Waals surface area contributed by atoms with Crippen LogP contribution in [0.25, 0.3) is 88.3 Å². The van der Waals surface area contributed by atoms with E-state index in [1.807, 2.05) is 0 Å². The SMILES string of the molecule is CC1(C)c2ccccc2-c2cccc(-c3cccc(N(c4cccc(-c5ccc(-c6ccccc6)c(-c6ccccc6)c5)c4)c4cccc(-c5cccc6c5ccc5ccccc56)c4)c3)c21. The lowest BCUT2D eigenvalue weighted by molar-refractivity contribution is 0.662. The lowest BCUT2D eigenvalue weighted by Crippen LogP contribution is -2.16. The van der Waals surface area contributed by atoms with Gasteiger partial charge in [-0.15, -0.1) is 0 Å². The molecule has 0 aromatic heterocycles. The molecule has 0 spiro atoms. The fourth-order valence-electron chi connectivity index (χ4n) is 10.7. The van der Waals surface area contributed by atoms with Crippen LogP contribution in [0, 0.1) is 0 Å². The first kappa shape index (κ1) is 39.3. The zero-order valence-electron chi connectivity index (χ0n) is 37.1. The molecule has 1 heteroatoms. The van der Waals surface area contributed by atoms with E-state index in [0.29, 0.717) is 0 Å². The van der Waals surface area contributed by atoms with Gasteiger partial charge in [0.15, 0.2) is 0 Å². The highest BCUT2D eigenvalue weighted by Crippen LogP contribution is 2.52. The number of benzene rings is 11. The Bertz CT molecular complexity index is 3620. The van der Waals surface area contributed by atoms with Crippen molar-refractivity contribution in [1.29, 1.82) is 0 Å². The lowest BCUT2D eigenvalue weighted by atomic mass is 9.79. The predicted octanol–water partition coefficient (Wildman–Crippen LogP) is 18.1. The van der Waals surface area contributed by atoms with E-state index in [4.69, 9.17) is 0 Å². The Hall–Kier alpha value is -8.26. The highest BCUT2D eigenvalue weighted by Gasteiger charge is 2.37. The number of rotatable bonds is 8. The smallest absolute Gasteiger partial charge is 0.0467 e. The van der Waals surface area contributed by atoms with Crippen molar-refractivity contribution in [3.63, 3.8) is 0 Å². The maximum absolute atomic E-state index is 2.44. The molecule has 0 radical (unpaired) electrons. The minimum absolute atomic E-state index is 0.140. The summed E-state index contributed by atoms with van der Waals surface area (Å²) < 4.78 is 0. The molecule has 0 amide bonds. The van der Waals surface area contributed by atoms with Crippen molar-refractivity contribution in [2.75, 3.05) is 4.90 Å². The first-order chi connectivity index (χ1) is 32.5. The van der Waals surface area contributed by atoms with Crippen LogP contribution >= 0.6 is 0 Å². The van der Waals surface area contributed by atoms with Crippen molar-refractivity contribution in [3.8, 4) is 66.8 Å². The highest BCUT2D eigenvalue weighted by atomic mass is 15.1. The molecule has 0 bridgehead atoms. The van der Waals surface area contributed by atoms with Gasteiger partial charge in [0.05, 0.1) is 0 Å². The van der Waals surface area contributed by atoms with Crippen LogP contribution in [0.4, 0.5) is 17.1 Å². The second kappa shape index (κ2) is 16.1. The van der Waals surface area contributed by atoms with Gasteiger partial charge in [-0.2, -0.15) is 0 Å². The van der Waals surface area contributed by atoms with Crippen LogP contribution in [0.15, 0.2) is 249 Å². The summed E-state index contributed by atoms with van der Waals surface area (Å²) >= 11 is 0. The van der Waals surface area contributed by atoms with Crippen LogP contribution in [-0.2, 0) is 5.41 Å². The third-order valence-electron chi connectivity index (χ3n) is 13.8. The third kappa shape index (κ3) is 6.71. The quantitative estimate of drug-likeness (QED) is 0.138. The van der Waals surface area contributed by atoms with Crippen LogP contribution in [0.2, 0.25) is 0 Å². The van der Waals surface area contributed by atoms with Gasteiger partial charge < -0.3 is 4.90 Å². The molecule has 11 aromatic rings. The maximum Gasteiger partial charge on any atom is 0.0467 e. The van der Waals surface area contributed by atoms with Crippen molar-refractivity contribution in [2.24, 2.45) is 0 Å². The van der Waals surface area contributed by atoms with Gasteiger partial charge >= 0.3 is 0 Å². The Labute approximate surface area is 387 Å². The van der Waals surface area contributed by atoms with E-state index in [2.05, 4.69) is 267 Å². The molecule has 66 heavy (non-hydrogen) atoms. The van der Waals surface area contributed by atoms with Crippen LogP contribution in [0.5, 0.6) is 0 Å². The maximum atomic E-state index is 2.44. The zero-order chi connectivity index (χ0) is 44.2. The Balaban J connectivity index is 1.03. The molecule has 0 saturated heterocycles. The van der Waals surface area contributed by atoms with E-state index in [1.165, 1.54) is 93.9 Å². The van der Waals surface area contributed by atoms with Gasteiger partial charge in [-0.1, -0.05) is 220 Å². The Morgan fingerprint density at radius 2 is 0.773 bits per heavy atom. The average molecular weight is 842 g/mol. The second-order valence-corrected chi connectivity index (χ2v) is 18.1. The summed E-state index contributed by atoms with van der Waals surface area (Å²) in [6.07, 6.45) is 0.